The molecule has 0 spiro atoms. The van der Waals surface area contributed by atoms with Gasteiger partial charge in [0, 0.05) is 59.3 Å². The Kier molecular flexibility index (Phi) is 24.2. The summed E-state index contributed by atoms with van der Waals surface area (Å²) in [6, 6.07) is 10.7. The fourth-order valence-electron chi connectivity index (χ4n) is 9.58. The lowest BCUT2D eigenvalue weighted by Crippen LogP contribution is -2.59. The minimum absolute atomic E-state index is 0.00891. The van der Waals surface area contributed by atoms with Crippen molar-refractivity contribution in [3.05, 3.63) is 52.6 Å². The molecule has 21 heteroatoms. The van der Waals surface area contributed by atoms with E-state index in [1.54, 1.807) is 40.1 Å². The molecule has 1 aliphatic heterocycles. The number of imidazole rings is 1. The van der Waals surface area contributed by atoms with Gasteiger partial charge in [-0.05, 0) is 90.2 Å². The fourth-order valence-corrected chi connectivity index (χ4v) is 11.3. The van der Waals surface area contributed by atoms with Crippen molar-refractivity contribution in [2.24, 2.45) is 16.8 Å². The topological polar surface area (TPSA) is 237 Å². The molecule has 2 amide bonds. The number of carbonyl (C=O) groups is 3. The zero-order valence-corrected chi connectivity index (χ0v) is 45.6. The van der Waals surface area contributed by atoms with Crippen LogP contribution in [0.3, 0.4) is 0 Å². The van der Waals surface area contributed by atoms with Crippen molar-refractivity contribution in [1.82, 2.24) is 39.7 Å². The van der Waals surface area contributed by atoms with Crippen molar-refractivity contribution < 1.29 is 42.4 Å². The zero-order valence-electron chi connectivity index (χ0n) is 44.7. The second-order valence-corrected chi connectivity index (χ2v) is 21.1. The van der Waals surface area contributed by atoms with Gasteiger partial charge in [0.2, 0.25) is 17.8 Å². The van der Waals surface area contributed by atoms with Gasteiger partial charge in [0.15, 0.2) is 17.4 Å². The number of unbranched alkanes of at least 4 members (excludes halogenated alkanes) is 4. The normalized spacial score (nSPS) is 23.6. The van der Waals surface area contributed by atoms with E-state index in [0.29, 0.717) is 51.0 Å². The molecule has 20 nitrogen and oxygen atoms in total. The maximum absolute atomic E-state index is 13.2. The molecule has 5 rings (SSSR count). The van der Waals surface area contributed by atoms with E-state index < -0.39 is 50.6 Å². The third kappa shape index (κ3) is 17.1. The van der Waals surface area contributed by atoms with Gasteiger partial charge >= 0.3 is 5.97 Å². The van der Waals surface area contributed by atoms with Crippen LogP contribution in [-0.4, -0.2) is 142 Å². The first kappa shape index (κ1) is 59.0. The standard InChI is InChI=1S/C52H81N10O10P/c1-11-38-31-41(43(57-37(8)63)45(36(38)7)71-51(66)39-23-16-15-17-24-39)67-28-21-18-25-42(64)54-27-19-13-14-20-29-68-46-40(12-2)70-50(47(46)72-73(69-30-22-26-53)62(34(3)4)35(5)6)61-33-55-44-48(61)58-52(59-49(44)65)56-32-60(9)10/h15-17,23-24,32-36,38,40-41,43,45-47,50H,11-14,18-22,25,27-31H2,1-10H3,(H,54,64)(H,57,63)(H,58,59,65)/t36-,38-,40+,41+,43-,45-,46?,47-,50+,73?/m0/s1. The maximum atomic E-state index is 13.2. The summed E-state index contributed by atoms with van der Waals surface area (Å²) in [7, 11) is 1.93. The predicted molar refractivity (Wildman–Crippen MR) is 280 cm³/mol. The van der Waals surface area contributed by atoms with Crippen LogP contribution in [0.4, 0.5) is 5.95 Å². The first-order chi connectivity index (χ1) is 35.1. The molecule has 1 aromatic carbocycles. The molecule has 404 valence electrons. The Morgan fingerprint density at radius 3 is 2.37 bits per heavy atom. The number of hydrogen-bond acceptors (Lipinski definition) is 15. The fraction of sp³-hybridized carbons (Fsp3) is 0.692. The van der Waals surface area contributed by atoms with E-state index in [-0.39, 0.29) is 78.1 Å². The molecule has 1 saturated carbocycles. The Labute approximate surface area is 432 Å². The number of carbonyl (C=O) groups excluding carboxylic acids is 3. The van der Waals surface area contributed by atoms with Crippen LogP contribution in [0.25, 0.3) is 11.2 Å². The van der Waals surface area contributed by atoms with Crippen LogP contribution in [0.5, 0.6) is 0 Å². The summed E-state index contributed by atoms with van der Waals surface area (Å²) in [5.74, 6) is -0.260. The number of hydrogen-bond donors (Lipinski definition) is 3. The molecule has 0 radical (unpaired) electrons. The molecule has 1 aliphatic carbocycles. The number of nitriles is 1. The number of rotatable bonds is 30. The SMILES string of the molecule is CC[C@H]1C[C@@H](OCCCCC(=O)NCCCCCCOC2[C@@H](CC)O[C@@H](n3cnc4c(=O)[nH]c(N=CN(C)C)nc43)[C@H]2OP(OCCC#N)N(C(C)C)C(C)C)[C@H](NC(C)=O)[C@@H](OC(=O)c2ccccc2)[C@H]1C. The molecule has 10 atom stereocenters. The molecule has 3 heterocycles. The Hall–Kier alpha value is -4.87. The molecule has 3 aromatic rings. The molecule has 73 heavy (non-hydrogen) atoms. The van der Waals surface area contributed by atoms with Crippen molar-refractivity contribution in [3.8, 4) is 6.07 Å². The van der Waals surface area contributed by atoms with Crippen molar-refractivity contribution in [2.75, 3.05) is 40.5 Å². The summed E-state index contributed by atoms with van der Waals surface area (Å²) in [6.45, 7) is 17.6. The van der Waals surface area contributed by atoms with Gasteiger partial charge in [-0.3, -0.25) is 23.9 Å². The van der Waals surface area contributed by atoms with E-state index in [4.69, 9.17) is 28.0 Å². The number of benzene rings is 1. The van der Waals surface area contributed by atoms with Crippen molar-refractivity contribution in [3.63, 3.8) is 0 Å². The Bertz CT molecular complexity index is 2300. The largest absolute Gasteiger partial charge is 0.456 e. The monoisotopic (exact) mass is 1040 g/mol. The number of esters is 1. The van der Waals surface area contributed by atoms with Crippen LogP contribution in [0.1, 0.15) is 143 Å². The summed E-state index contributed by atoms with van der Waals surface area (Å²) in [5, 5.41) is 15.5. The average Bonchev–Trinajstić information content (AvgIpc) is 3.93. The third-order valence-corrected chi connectivity index (χ3v) is 15.3. The van der Waals surface area contributed by atoms with Gasteiger partial charge in [0.05, 0.1) is 55.6 Å². The van der Waals surface area contributed by atoms with E-state index in [2.05, 4.69) is 82.9 Å². The smallest absolute Gasteiger partial charge is 0.338 e. The summed E-state index contributed by atoms with van der Waals surface area (Å²) in [4.78, 5) is 69.3. The van der Waals surface area contributed by atoms with E-state index >= 15 is 0 Å². The van der Waals surface area contributed by atoms with Crippen molar-refractivity contribution in [1.29, 1.82) is 5.26 Å². The molecule has 2 aliphatic rings. The number of aromatic amines is 1. The van der Waals surface area contributed by atoms with Crippen LogP contribution in [0, 0.1) is 23.2 Å². The van der Waals surface area contributed by atoms with Crippen molar-refractivity contribution >= 4 is 49.8 Å². The lowest BCUT2D eigenvalue weighted by molar-refractivity contribution is -0.129. The van der Waals surface area contributed by atoms with Gasteiger partial charge in [-0.25, -0.2) is 19.4 Å². The summed E-state index contributed by atoms with van der Waals surface area (Å²) < 4.78 is 43.1. The highest BCUT2D eigenvalue weighted by Gasteiger charge is 2.50. The van der Waals surface area contributed by atoms with Crippen LogP contribution < -0.4 is 16.2 Å². The second kappa shape index (κ2) is 29.9. The van der Waals surface area contributed by atoms with E-state index in [1.165, 1.54) is 13.3 Å². The quantitative estimate of drug-likeness (QED) is 0.0191. The number of aliphatic imine (C=N–C) groups is 1. The number of H-pyrrole nitrogens is 1. The molecule has 2 fully saturated rings. The van der Waals surface area contributed by atoms with Crippen LogP contribution in [0.2, 0.25) is 0 Å². The van der Waals surface area contributed by atoms with Crippen LogP contribution in [0.15, 0.2) is 46.4 Å². The highest BCUT2D eigenvalue weighted by atomic mass is 31.2. The number of nitrogens with one attached hydrogen (secondary N) is 3. The molecule has 2 unspecified atom stereocenters. The third-order valence-electron chi connectivity index (χ3n) is 13.2. The number of aromatic nitrogens is 4. The molecular weight excluding hydrogens is 956 g/mol. The second-order valence-electron chi connectivity index (χ2n) is 19.7. The highest BCUT2D eigenvalue weighted by molar-refractivity contribution is 7.44. The van der Waals surface area contributed by atoms with Gasteiger partial charge in [0.1, 0.15) is 18.3 Å². The predicted octanol–water partition coefficient (Wildman–Crippen LogP) is 7.72. The molecule has 3 N–H and O–H groups in total. The number of amides is 2. The van der Waals surface area contributed by atoms with Crippen LogP contribution >= 0.6 is 8.53 Å². The maximum Gasteiger partial charge on any atom is 0.338 e. The molecule has 1 saturated heterocycles. The van der Waals surface area contributed by atoms with E-state index in [1.807, 2.05) is 27.1 Å². The number of nitrogens with zero attached hydrogens (tertiary/aromatic N) is 7. The minimum Gasteiger partial charge on any atom is -0.456 e. The molecular formula is C52H81N10O10P. The van der Waals surface area contributed by atoms with E-state index in [0.717, 1.165) is 38.5 Å². The van der Waals surface area contributed by atoms with Gasteiger partial charge in [-0.15, -0.1) is 0 Å². The van der Waals surface area contributed by atoms with Gasteiger partial charge < -0.3 is 43.5 Å². The number of fused-ring (bicyclic) bond motifs is 1. The molecule has 2 aromatic heterocycles. The lowest BCUT2D eigenvalue weighted by atomic mass is 9.73. The first-order valence-corrected chi connectivity index (χ1v) is 27.3. The van der Waals surface area contributed by atoms with Gasteiger partial charge in [-0.1, -0.05) is 58.2 Å². The molecule has 0 bridgehead atoms. The van der Waals surface area contributed by atoms with E-state index in [9.17, 15) is 24.4 Å². The Morgan fingerprint density at radius 2 is 1.70 bits per heavy atom. The zero-order chi connectivity index (χ0) is 53.0. The average molecular weight is 1040 g/mol. The number of ether oxygens (including phenoxy) is 4. The lowest BCUT2D eigenvalue weighted by Gasteiger charge is -2.45. The minimum atomic E-state index is -1.71. The summed E-state index contributed by atoms with van der Waals surface area (Å²) in [6.07, 6.45) is 7.30. The van der Waals surface area contributed by atoms with Crippen LogP contribution in [-0.2, 0) is 37.6 Å². The summed E-state index contributed by atoms with van der Waals surface area (Å²) in [5.41, 5.74) is 0.448. The van der Waals surface area contributed by atoms with Gasteiger partial charge in [0.25, 0.3) is 14.1 Å². The summed E-state index contributed by atoms with van der Waals surface area (Å²) >= 11 is 0. The van der Waals surface area contributed by atoms with Crippen molar-refractivity contribution in [2.45, 2.75) is 181 Å². The first-order valence-electron chi connectivity index (χ1n) is 26.2. The Morgan fingerprint density at radius 1 is 0.986 bits per heavy atom. The highest BCUT2D eigenvalue weighted by Crippen LogP contribution is 2.51. The Balaban J connectivity index is 1.12. The van der Waals surface area contributed by atoms with Gasteiger partial charge in [-0.2, -0.15) is 10.2 Å².